The SMILES string of the molecule is NC1CCN(c2[c]cc(Cl)cc2)C1. The van der Waals surface area contributed by atoms with Gasteiger partial charge in [0.15, 0.2) is 0 Å². The molecular formula is C10H12ClN2. The molecule has 0 aromatic heterocycles. The Hall–Kier alpha value is -0.730. The molecule has 0 spiro atoms. The van der Waals surface area contributed by atoms with Crippen LogP contribution in [-0.4, -0.2) is 19.1 Å². The molecule has 0 amide bonds. The van der Waals surface area contributed by atoms with Crippen molar-refractivity contribution in [3.63, 3.8) is 0 Å². The van der Waals surface area contributed by atoms with Gasteiger partial charge in [-0.2, -0.15) is 0 Å². The first-order valence-electron chi connectivity index (χ1n) is 4.43. The zero-order valence-electron chi connectivity index (χ0n) is 7.33. The van der Waals surface area contributed by atoms with Crippen molar-refractivity contribution < 1.29 is 0 Å². The summed E-state index contributed by atoms with van der Waals surface area (Å²) in [4.78, 5) is 2.24. The molecule has 0 aliphatic carbocycles. The second-order valence-corrected chi connectivity index (χ2v) is 3.82. The van der Waals surface area contributed by atoms with Gasteiger partial charge < -0.3 is 10.6 Å². The van der Waals surface area contributed by atoms with Gasteiger partial charge in [0.1, 0.15) is 0 Å². The standard InChI is InChI=1S/C10H12ClN2/c11-8-1-3-10(4-2-8)13-6-5-9(12)7-13/h1-3,9H,5-7,12H2. The molecule has 1 aromatic carbocycles. The summed E-state index contributed by atoms with van der Waals surface area (Å²) in [6, 6.07) is 9.11. The van der Waals surface area contributed by atoms with Crippen LogP contribution in [0.4, 0.5) is 5.69 Å². The summed E-state index contributed by atoms with van der Waals surface area (Å²) in [5.74, 6) is 0. The summed E-state index contributed by atoms with van der Waals surface area (Å²) >= 11 is 5.77. The zero-order chi connectivity index (χ0) is 9.26. The third-order valence-corrected chi connectivity index (χ3v) is 2.56. The van der Waals surface area contributed by atoms with Gasteiger partial charge in [-0.05, 0) is 24.6 Å². The van der Waals surface area contributed by atoms with Gasteiger partial charge in [0.25, 0.3) is 0 Å². The van der Waals surface area contributed by atoms with E-state index in [9.17, 15) is 0 Å². The fourth-order valence-corrected chi connectivity index (χ4v) is 1.72. The monoisotopic (exact) mass is 195 g/mol. The molecule has 13 heavy (non-hydrogen) atoms. The number of halogens is 1. The van der Waals surface area contributed by atoms with E-state index in [2.05, 4.69) is 11.0 Å². The molecule has 1 unspecified atom stereocenters. The molecule has 1 saturated heterocycles. The van der Waals surface area contributed by atoms with E-state index in [0.717, 1.165) is 30.2 Å². The Morgan fingerprint density at radius 2 is 2.38 bits per heavy atom. The first-order valence-corrected chi connectivity index (χ1v) is 4.81. The third-order valence-electron chi connectivity index (χ3n) is 2.32. The Morgan fingerprint density at radius 3 is 2.92 bits per heavy atom. The predicted molar refractivity (Wildman–Crippen MR) is 55.1 cm³/mol. The molecule has 1 radical (unpaired) electrons. The summed E-state index contributed by atoms with van der Waals surface area (Å²) < 4.78 is 0. The average Bonchev–Trinajstić information content (AvgIpc) is 2.53. The van der Waals surface area contributed by atoms with E-state index in [-0.39, 0.29) is 0 Å². The molecule has 1 fully saturated rings. The van der Waals surface area contributed by atoms with Crippen LogP contribution in [0.1, 0.15) is 6.42 Å². The number of hydrogen-bond donors (Lipinski definition) is 1. The van der Waals surface area contributed by atoms with E-state index >= 15 is 0 Å². The minimum atomic E-state index is 0.309. The van der Waals surface area contributed by atoms with Crippen LogP contribution in [0.5, 0.6) is 0 Å². The van der Waals surface area contributed by atoms with Crippen LogP contribution >= 0.6 is 11.6 Å². The number of nitrogens with zero attached hydrogens (tertiary/aromatic N) is 1. The van der Waals surface area contributed by atoms with Crippen LogP contribution in [0, 0.1) is 6.07 Å². The molecule has 3 heteroatoms. The molecular weight excluding hydrogens is 184 g/mol. The maximum Gasteiger partial charge on any atom is 0.0448 e. The molecule has 1 atom stereocenters. The summed E-state index contributed by atoms with van der Waals surface area (Å²) in [5.41, 5.74) is 6.91. The van der Waals surface area contributed by atoms with Gasteiger partial charge in [-0.25, -0.2) is 0 Å². The van der Waals surface area contributed by atoms with Gasteiger partial charge >= 0.3 is 0 Å². The molecule has 0 bridgehead atoms. The highest BCUT2D eigenvalue weighted by atomic mass is 35.5. The first-order chi connectivity index (χ1) is 6.25. The van der Waals surface area contributed by atoms with Crippen LogP contribution in [0.3, 0.4) is 0 Å². The second-order valence-electron chi connectivity index (χ2n) is 3.39. The van der Waals surface area contributed by atoms with Gasteiger partial charge in [0.05, 0.1) is 0 Å². The fourth-order valence-electron chi connectivity index (χ4n) is 1.60. The maximum atomic E-state index is 5.81. The molecule has 0 saturated carbocycles. The second kappa shape index (κ2) is 3.56. The van der Waals surface area contributed by atoms with Crippen molar-refractivity contribution in [2.24, 2.45) is 5.73 Å². The highest BCUT2D eigenvalue weighted by Gasteiger charge is 2.18. The van der Waals surface area contributed by atoms with Crippen molar-refractivity contribution in [2.45, 2.75) is 12.5 Å². The van der Waals surface area contributed by atoms with Gasteiger partial charge in [-0.15, -0.1) is 0 Å². The van der Waals surface area contributed by atoms with E-state index in [1.807, 2.05) is 12.1 Å². The molecule has 2 N–H and O–H groups in total. The van der Waals surface area contributed by atoms with E-state index in [1.165, 1.54) is 0 Å². The summed E-state index contributed by atoms with van der Waals surface area (Å²) in [6.07, 6.45) is 1.07. The molecule has 1 heterocycles. The maximum absolute atomic E-state index is 5.81. The summed E-state index contributed by atoms with van der Waals surface area (Å²) in [5, 5.41) is 0.729. The number of anilines is 1. The van der Waals surface area contributed by atoms with Gasteiger partial charge in [0, 0.05) is 35.9 Å². The lowest BCUT2D eigenvalue weighted by Gasteiger charge is -2.17. The largest absolute Gasteiger partial charge is 0.369 e. The Bertz CT molecular complexity index is 283. The van der Waals surface area contributed by atoms with Crippen molar-refractivity contribution in [2.75, 3.05) is 18.0 Å². The molecule has 1 aliphatic heterocycles. The molecule has 1 aromatic rings. The number of rotatable bonds is 1. The average molecular weight is 196 g/mol. The van der Waals surface area contributed by atoms with Crippen LogP contribution in [0.15, 0.2) is 18.2 Å². The van der Waals surface area contributed by atoms with E-state index in [0.29, 0.717) is 6.04 Å². The molecule has 2 nitrogen and oxygen atoms in total. The van der Waals surface area contributed by atoms with Gasteiger partial charge in [-0.3, -0.25) is 0 Å². The summed E-state index contributed by atoms with van der Waals surface area (Å²) in [7, 11) is 0. The third kappa shape index (κ3) is 1.95. The molecule has 1 aliphatic rings. The van der Waals surface area contributed by atoms with Crippen molar-refractivity contribution in [1.82, 2.24) is 0 Å². The van der Waals surface area contributed by atoms with Gasteiger partial charge in [0.2, 0.25) is 0 Å². The topological polar surface area (TPSA) is 29.3 Å². The Morgan fingerprint density at radius 1 is 1.54 bits per heavy atom. The van der Waals surface area contributed by atoms with Crippen LogP contribution in [-0.2, 0) is 0 Å². The lowest BCUT2D eigenvalue weighted by molar-refractivity contribution is 0.752. The van der Waals surface area contributed by atoms with Crippen LogP contribution in [0.2, 0.25) is 5.02 Å². The normalized spacial score (nSPS) is 22.3. The van der Waals surface area contributed by atoms with Crippen molar-refractivity contribution in [3.05, 3.63) is 29.3 Å². The Labute approximate surface area is 83.3 Å². The first kappa shape index (κ1) is 8.85. The zero-order valence-corrected chi connectivity index (χ0v) is 8.09. The summed E-state index contributed by atoms with van der Waals surface area (Å²) in [6.45, 7) is 1.96. The van der Waals surface area contributed by atoms with Gasteiger partial charge in [-0.1, -0.05) is 11.6 Å². The number of benzene rings is 1. The predicted octanol–water partition coefficient (Wildman–Crippen LogP) is 1.68. The van der Waals surface area contributed by atoms with Crippen LogP contribution < -0.4 is 10.6 Å². The smallest absolute Gasteiger partial charge is 0.0448 e. The van der Waals surface area contributed by atoms with E-state index in [4.69, 9.17) is 17.3 Å². The Kier molecular flexibility index (Phi) is 2.42. The minimum absolute atomic E-state index is 0.309. The highest BCUT2D eigenvalue weighted by molar-refractivity contribution is 6.30. The van der Waals surface area contributed by atoms with E-state index < -0.39 is 0 Å². The number of hydrogen-bond acceptors (Lipinski definition) is 2. The van der Waals surface area contributed by atoms with Crippen molar-refractivity contribution in [3.8, 4) is 0 Å². The molecule has 2 rings (SSSR count). The lowest BCUT2D eigenvalue weighted by atomic mass is 10.3. The number of nitrogens with two attached hydrogens (primary N) is 1. The lowest BCUT2D eigenvalue weighted by Crippen LogP contribution is -2.26. The Balaban J connectivity index is 2.13. The van der Waals surface area contributed by atoms with E-state index in [1.54, 1.807) is 6.07 Å². The van der Waals surface area contributed by atoms with Crippen LogP contribution in [0.25, 0.3) is 0 Å². The van der Waals surface area contributed by atoms with Crippen molar-refractivity contribution in [1.29, 1.82) is 0 Å². The minimum Gasteiger partial charge on any atom is -0.369 e. The highest BCUT2D eigenvalue weighted by Crippen LogP contribution is 2.20. The fraction of sp³-hybridized carbons (Fsp3) is 0.400. The molecule has 69 valence electrons. The quantitative estimate of drug-likeness (QED) is 0.739. The van der Waals surface area contributed by atoms with Crippen molar-refractivity contribution >= 4 is 17.3 Å².